The Morgan fingerprint density at radius 3 is 2.41 bits per heavy atom. The Morgan fingerprint density at radius 1 is 1.05 bits per heavy atom. The Morgan fingerprint density at radius 2 is 1.73 bits per heavy atom. The van der Waals surface area contributed by atoms with E-state index in [1.165, 1.54) is 12.8 Å². The molecule has 5 rings (SSSR count). The summed E-state index contributed by atoms with van der Waals surface area (Å²) in [5.74, 6) is 0.618. The van der Waals surface area contributed by atoms with E-state index < -0.39 is 0 Å². The van der Waals surface area contributed by atoms with Gasteiger partial charge in [0.2, 0.25) is 11.8 Å². The second kappa shape index (κ2) is 11.5. The van der Waals surface area contributed by atoms with Gasteiger partial charge >= 0.3 is 0 Å². The van der Waals surface area contributed by atoms with Crippen LogP contribution in [0, 0.1) is 0 Å². The van der Waals surface area contributed by atoms with E-state index in [0.717, 1.165) is 60.9 Å². The summed E-state index contributed by atoms with van der Waals surface area (Å²) in [6, 6.07) is 17.7. The number of benzene rings is 2. The number of nitrogens with zero attached hydrogens (tertiary/aromatic N) is 2. The topological polar surface area (TPSA) is 99.3 Å². The fourth-order valence-corrected chi connectivity index (χ4v) is 4.38. The van der Waals surface area contributed by atoms with E-state index in [2.05, 4.69) is 25.7 Å². The second-order valence-corrected chi connectivity index (χ2v) is 9.70. The Bertz CT molecular complexity index is 1240. The van der Waals surface area contributed by atoms with Crippen molar-refractivity contribution in [1.82, 2.24) is 15.1 Å². The summed E-state index contributed by atoms with van der Waals surface area (Å²) in [7, 11) is 0. The summed E-state index contributed by atoms with van der Waals surface area (Å²) in [6.07, 6.45) is 5.83. The molecule has 0 unspecified atom stereocenters. The molecular formula is C29H33N5O3. The Labute approximate surface area is 217 Å². The van der Waals surface area contributed by atoms with Crippen LogP contribution in [-0.2, 0) is 14.3 Å². The maximum atomic E-state index is 12.7. The van der Waals surface area contributed by atoms with Gasteiger partial charge in [-0.1, -0.05) is 42.5 Å². The number of anilines is 2. The molecule has 2 fully saturated rings. The molecule has 2 heterocycles. The van der Waals surface area contributed by atoms with Crippen molar-refractivity contribution in [3.63, 3.8) is 0 Å². The highest BCUT2D eigenvalue weighted by Crippen LogP contribution is 2.39. The lowest BCUT2D eigenvalue weighted by molar-refractivity contribution is -0.117. The van der Waals surface area contributed by atoms with Gasteiger partial charge in [-0.3, -0.25) is 19.6 Å². The molecule has 3 aromatic rings. The summed E-state index contributed by atoms with van der Waals surface area (Å²) in [5.41, 5.74) is 4.86. The van der Waals surface area contributed by atoms with Crippen molar-refractivity contribution in [3.8, 4) is 11.1 Å². The van der Waals surface area contributed by atoms with Crippen molar-refractivity contribution >= 4 is 23.3 Å². The van der Waals surface area contributed by atoms with E-state index >= 15 is 0 Å². The van der Waals surface area contributed by atoms with Gasteiger partial charge in [-0.25, -0.2) is 0 Å². The lowest BCUT2D eigenvalue weighted by Gasteiger charge is -2.25. The van der Waals surface area contributed by atoms with Gasteiger partial charge in [0.1, 0.15) is 0 Å². The van der Waals surface area contributed by atoms with Gasteiger partial charge in [0.15, 0.2) is 5.82 Å². The maximum absolute atomic E-state index is 12.7. The minimum Gasteiger partial charge on any atom is -0.379 e. The molecule has 2 amide bonds. The normalized spacial score (nSPS) is 17.0. The van der Waals surface area contributed by atoms with E-state index in [1.54, 1.807) is 6.08 Å². The average molecular weight is 500 g/mol. The van der Waals surface area contributed by atoms with E-state index in [-0.39, 0.29) is 17.7 Å². The number of amides is 2. The number of carbonyl (C=O) groups excluding carboxylic acids is 2. The van der Waals surface area contributed by atoms with Crippen molar-refractivity contribution in [2.75, 3.05) is 43.5 Å². The van der Waals surface area contributed by atoms with Crippen LogP contribution in [0.3, 0.4) is 0 Å². The highest BCUT2D eigenvalue weighted by Gasteiger charge is 2.26. The van der Waals surface area contributed by atoms with Gasteiger partial charge in [0.05, 0.1) is 19.1 Å². The molecule has 1 saturated heterocycles. The van der Waals surface area contributed by atoms with Crippen LogP contribution in [0.5, 0.6) is 0 Å². The second-order valence-electron chi connectivity index (χ2n) is 9.70. The van der Waals surface area contributed by atoms with Gasteiger partial charge in [-0.2, -0.15) is 5.10 Å². The minimum absolute atomic E-state index is 0.0827. The summed E-state index contributed by atoms with van der Waals surface area (Å²) in [6.45, 7) is 5.92. The monoisotopic (exact) mass is 499 g/mol. The van der Waals surface area contributed by atoms with Crippen LogP contribution in [-0.4, -0.2) is 59.8 Å². The van der Waals surface area contributed by atoms with E-state index in [1.807, 2.05) is 67.6 Å². The van der Waals surface area contributed by atoms with Crippen LogP contribution in [0.4, 0.5) is 11.5 Å². The number of morpholine rings is 1. The van der Waals surface area contributed by atoms with Crippen molar-refractivity contribution < 1.29 is 14.3 Å². The number of carbonyl (C=O) groups is 2. The van der Waals surface area contributed by atoms with Crippen molar-refractivity contribution in [2.24, 2.45) is 0 Å². The van der Waals surface area contributed by atoms with Crippen molar-refractivity contribution in [1.29, 1.82) is 0 Å². The Balaban J connectivity index is 1.12. The minimum atomic E-state index is -0.302. The first-order valence-corrected chi connectivity index (χ1v) is 12.9. The van der Waals surface area contributed by atoms with E-state index in [4.69, 9.17) is 4.74 Å². The number of aromatic nitrogens is 2. The maximum Gasteiger partial charge on any atom is 0.248 e. The number of nitrogens with one attached hydrogen (secondary N) is 3. The van der Waals surface area contributed by atoms with Crippen LogP contribution < -0.4 is 10.6 Å². The van der Waals surface area contributed by atoms with Gasteiger partial charge in [0, 0.05) is 49.1 Å². The fraction of sp³-hybridized carbons (Fsp3) is 0.345. The number of H-pyrrole nitrogens is 1. The Kier molecular flexibility index (Phi) is 7.77. The number of aromatic amines is 1. The third-order valence-corrected chi connectivity index (χ3v) is 6.89. The molecule has 1 aromatic heterocycles. The molecule has 2 aliphatic rings. The zero-order chi connectivity index (χ0) is 25.6. The number of rotatable bonds is 9. The summed E-state index contributed by atoms with van der Waals surface area (Å²) in [5, 5.41) is 13.0. The molecule has 0 spiro atoms. The first kappa shape index (κ1) is 24.9. The standard InChI is InChI=1S/C29H33N5O3/c1-20(29(36)31-27-19-26(32-33-27)24-8-9-24)21-4-6-22(7-5-21)23-10-12-25(13-11-23)30-28(35)3-2-14-34-15-17-37-18-16-34/h2-7,10-13,19-20,24H,8-9,14-18H2,1H3,(H,30,35)(H2,31,32,33,36)/b3-2+/t20-/m1/s1. The third kappa shape index (κ3) is 6.72. The molecule has 0 radical (unpaired) electrons. The molecule has 1 aliphatic carbocycles. The zero-order valence-corrected chi connectivity index (χ0v) is 21.1. The smallest absolute Gasteiger partial charge is 0.248 e. The molecule has 0 bridgehead atoms. The largest absolute Gasteiger partial charge is 0.379 e. The summed E-state index contributed by atoms with van der Waals surface area (Å²) in [4.78, 5) is 27.2. The summed E-state index contributed by atoms with van der Waals surface area (Å²) < 4.78 is 5.34. The molecule has 1 atom stereocenters. The highest BCUT2D eigenvalue weighted by atomic mass is 16.5. The van der Waals surface area contributed by atoms with Crippen LogP contribution >= 0.6 is 0 Å². The first-order chi connectivity index (χ1) is 18.0. The number of hydrogen-bond donors (Lipinski definition) is 3. The Hall–Kier alpha value is -3.75. The van der Waals surface area contributed by atoms with Crippen LogP contribution in [0.25, 0.3) is 11.1 Å². The van der Waals surface area contributed by atoms with Gasteiger partial charge in [0.25, 0.3) is 0 Å². The fourth-order valence-electron chi connectivity index (χ4n) is 4.38. The molecule has 3 N–H and O–H groups in total. The SMILES string of the molecule is C[C@@H](C(=O)Nc1cc(C2CC2)[nH]n1)c1ccc(-c2ccc(NC(=O)/C=C/CN3CCOCC3)cc2)cc1. The van der Waals surface area contributed by atoms with Gasteiger partial charge in [-0.05, 0) is 48.6 Å². The number of hydrogen-bond acceptors (Lipinski definition) is 5. The molecule has 2 aromatic carbocycles. The molecule has 192 valence electrons. The summed E-state index contributed by atoms with van der Waals surface area (Å²) >= 11 is 0. The van der Waals surface area contributed by atoms with Gasteiger partial charge in [-0.15, -0.1) is 0 Å². The molecule has 8 heteroatoms. The molecular weight excluding hydrogens is 466 g/mol. The van der Waals surface area contributed by atoms with E-state index in [9.17, 15) is 9.59 Å². The van der Waals surface area contributed by atoms with Crippen molar-refractivity contribution in [2.45, 2.75) is 31.6 Å². The average Bonchev–Trinajstić information content (AvgIpc) is 3.68. The molecule has 37 heavy (non-hydrogen) atoms. The first-order valence-electron chi connectivity index (χ1n) is 12.9. The van der Waals surface area contributed by atoms with Crippen LogP contribution in [0.15, 0.2) is 66.7 Å². The molecule has 8 nitrogen and oxygen atoms in total. The predicted octanol–water partition coefficient (Wildman–Crippen LogP) is 4.52. The van der Waals surface area contributed by atoms with Crippen molar-refractivity contribution in [3.05, 3.63) is 78.0 Å². The lowest BCUT2D eigenvalue weighted by Crippen LogP contribution is -2.36. The third-order valence-electron chi connectivity index (χ3n) is 6.89. The van der Waals surface area contributed by atoms with E-state index in [0.29, 0.717) is 11.7 Å². The highest BCUT2D eigenvalue weighted by molar-refractivity contribution is 5.99. The van der Waals surface area contributed by atoms with Gasteiger partial charge < -0.3 is 15.4 Å². The number of ether oxygens (including phenoxy) is 1. The lowest BCUT2D eigenvalue weighted by atomic mass is 9.97. The quantitative estimate of drug-likeness (QED) is 0.376. The van der Waals surface area contributed by atoms with Crippen LogP contribution in [0.2, 0.25) is 0 Å². The zero-order valence-electron chi connectivity index (χ0n) is 21.1. The molecule has 1 saturated carbocycles. The van der Waals surface area contributed by atoms with Crippen LogP contribution in [0.1, 0.15) is 42.9 Å². The predicted molar refractivity (Wildman–Crippen MR) is 145 cm³/mol. The molecule has 1 aliphatic heterocycles.